The molecule has 2 aromatic carbocycles. The minimum atomic E-state index is -0.190. The molecule has 0 aromatic heterocycles. The van der Waals surface area contributed by atoms with Crippen molar-refractivity contribution in [2.75, 3.05) is 6.54 Å². The Morgan fingerprint density at radius 1 is 1.00 bits per heavy atom. The lowest BCUT2D eigenvalue weighted by atomic mass is 9.91. The van der Waals surface area contributed by atoms with E-state index >= 15 is 0 Å². The summed E-state index contributed by atoms with van der Waals surface area (Å²) in [6.07, 6.45) is 0. The summed E-state index contributed by atoms with van der Waals surface area (Å²) >= 11 is 3.57. The first-order valence-electron chi connectivity index (χ1n) is 7.20. The molecule has 0 saturated carbocycles. The molecule has 3 heteroatoms. The first-order chi connectivity index (χ1) is 9.93. The standard InChI is InChI=1S/C18H21BrFN/c1-5-21-18(16-10-14(20)7-6-11(16)2)15-8-13(4)17(19)9-12(15)3/h6-10,18,21H,5H2,1-4H3. The monoisotopic (exact) mass is 349 g/mol. The highest BCUT2D eigenvalue weighted by atomic mass is 79.9. The van der Waals surface area contributed by atoms with Crippen molar-refractivity contribution in [3.8, 4) is 0 Å². The highest BCUT2D eigenvalue weighted by molar-refractivity contribution is 9.10. The second-order valence-electron chi connectivity index (χ2n) is 5.45. The molecule has 1 nitrogen and oxygen atoms in total. The molecule has 2 aromatic rings. The molecule has 1 N–H and O–H groups in total. The van der Waals surface area contributed by atoms with Crippen LogP contribution in [0.25, 0.3) is 0 Å². The van der Waals surface area contributed by atoms with E-state index in [1.54, 1.807) is 6.07 Å². The maximum atomic E-state index is 13.7. The van der Waals surface area contributed by atoms with Gasteiger partial charge in [-0.3, -0.25) is 0 Å². The average molecular weight is 350 g/mol. The largest absolute Gasteiger partial charge is 0.307 e. The van der Waals surface area contributed by atoms with E-state index in [0.717, 1.165) is 22.1 Å². The third-order valence-corrected chi connectivity index (χ3v) is 4.67. The predicted octanol–water partition coefficient (Wildman–Crippen LogP) is 5.21. The molecule has 0 amide bonds. The van der Waals surface area contributed by atoms with Crippen molar-refractivity contribution in [2.45, 2.75) is 33.7 Å². The SMILES string of the molecule is CCNC(c1cc(F)ccc1C)c1cc(C)c(Br)cc1C. The van der Waals surface area contributed by atoms with Crippen molar-refractivity contribution >= 4 is 15.9 Å². The molecule has 0 fully saturated rings. The Kier molecular flexibility index (Phi) is 5.17. The van der Waals surface area contributed by atoms with Crippen LogP contribution >= 0.6 is 15.9 Å². The van der Waals surface area contributed by atoms with Gasteiger partial charge in [0, 0.05) is 4.47 Å². The van der Waals surface area contributed by atoms with Gasteiger partial charge in [0.2, 0.25) is 0 Å². The van der Waals surface area contributed by atoms with Crippen molar-refractivity contribution in [2.24, 2.45) is 0 Å². The molecule has 21 heavy (non-hydrogen) atoms. The Hall–Kier alpha value is -1.19. The van der Waals surface area contributed by atoms with Gasteiger partial charge in [-0.15, -0.1) is 0 Å². The fraction of sp³-hybridized carbons (Fsp3) is 0.333. The van der Waals surface area contributed by atoms with Gasteiger partial charge >= 0.3 is 0 Å². The van der Waals surface area contributed by atoms with Crippen molar-refractivity contribution in [3.05, 3.63) is 68.4 Å². The van der Waals surface area contributed by atoms with E-state index in [1.165, 1.54) is 22.8 Å². The van der Waals surface area contributed by atoms with Gasteiger partial charge in [-0.1, -0.05) is 35.0 Å². The summed E-state index contributed by atoms with van der Waals surface area (Å²) in [5.74, 6) is -0.190. The van der Waals surface area contributed by atoms with Crippen LogP contribution in [0.4, 0.5) is 4.39 Å². The molecule has 0 aliphatic heterocycles. The summed E-state index contributed by atoms with van der Waals surface area (Å²) in [4.78, 5) is 0. The lowest BCUT2D eigenvalue weighted by molar-refractivity contribution is 0.599. The number of rotatable bonds is 4. The average Bonchev–Trinajstić information content (AvgIpc) is 2.43. The van der Waals surface area contributed by atoms with E-state index in [-0.39, 0.29) is 11.9 Å². The molecule has 0 aliphatic carbocycles. The van der Waals surface area contributed by atoms with E-state index < -0.39 is 0 Å². The molecule has 2 rings (SSSR count). The van der Waals surface area contributed by atoms with Crippen LogP contribution in [0.15, 0.2) is 34.8 Å². The van der Waals surface area contributed by atoms with Crippen LogP contribution in [0.5, 0.6) is 0 Å². The van der Waals surface area contributed by atoms with Crippen molar-refractivity contribution in [3.63, 3.8) is 0 Å². The summed E-state index contributed by atoms with van der Waals surface area (Å²) in [5, 5.41) is 3.49. The molecule has 1 unspecified atom stereocenters. The number of nitrogens with one attached hydrogen (secondary N) is 1. The Bertz CT molecular complexity index is 652. The van der Waals surface area contributed by atoms with Crippen LogP contribution < -0.4 is 5.32 Å². The van der Waals surface area contributed by atoms with Crippen molar-refractivity contribution in [1.29, 1.82) is 0 Å². The fourth-order valence-corrected chi connectivity index (χ4v) is 3.09. The normalized spacial score (nSPS) is 12.5. The molecule has 112 valence electrons. The molecule has 0 bridgehead atoms. The molecular formula is C18H21BrFN. The second-order valence-corrected chi connectivity index (χ2v) is 6.30. The fourth-order valence-electron chi connectivity index (χ4n) is 2.63. The Balaban J connectivity index is 2.58. The first-order valence-corrected chi connectivity index (χ1v) is 7.99. The van der Waals surface area contributed by atoms with Crippen molar-refractivity contribution in [1.82, 2.24) is 5.32 Å². The zero-order chi connectivity index (χ0) is 15.6. The van der Waals surface area contributed by atoms with Gasteiger partial charge in [0.05, 0.1) is 6.04 Å². The summed E-state index contributed by atoms with van der Waals surface area (Å²) in [7, 11) is 0. The van der Waals surface area contributed by atoms with Gasteiger partial charge in [-0.05, 0) is 73.3 Å². The van der Waals surface area contributed by atoms with Crippen LogP contribution in [-0.2, 0) is 0 Å². The van der Waals surface area contributed by atoms with Crippen LogP contribution in [0.1, 0.15) is 40.8 Å². The maximum Gasteiger partial charge on any atom is 0.123 e. The zero-order valence-corrected chi connectivity index (χ0v) is 14.5. The smallest absolute Gasteiger partial charge is 0.123 e. The number of hydrogen-bond donors (Lipinski definition) is 1. The van der Waals surface area contributed by atoms with E-state index in [0.29, 0.717) is 0 Å². The van der Waals surface area contributed by atoms with E-state index in [9.17, 15) is 4.39 Å². The van der Waals surface area contributed by atoms with Crippen LogP contribution in [-0.4, -0.2) is 6.54 Å². The predicted molar refractivity (Wildman–Crippen MR) is 90.3 cm³/mol. The second kappa shape index (κ2) is 6.71. The summed E-state index contributed by atoms with van der Waals surface area (Å²) < 4.78 is 14.8. The highest BCUT2D eigenvalue weighted by Crippen LogP contribution is 2.31. The van der Waals surface area contributed by atoms with Gasteiger partial charge in [0.25, 0.3) is 0 Å². The number of aryl methyl sites for hydroxylation is 3. The highest BCUT2D eigenvalue weighted by Gasteiger charge is 2.18. The zero-order valence-electron chi connectivity index (χ0n) is 12.9. The van der Waals surface area contributed by atoms with Gasteiger partial charge in [0.15, 0.2) is 0 Å². The van der Waals surface area contributed by atoms with Crippen molar-refractivity contribution < 1.29 is 4.39 Å². The lowest BCUT2D eigenvalue weighted by Crippen LogP contribution is -2.24. The summed E-state index contributed by atoms with van der Waals surface area (Å²) in [6, 6.07) is 9.31. The third-order valence-electron chi connectivity index (χ3n) is 3.82. The number of hydrogen-bond acceptors (Lipinski definition) is 1. The van der Waals surface area contributed by atoms with E-state index in [2.05, 4.69) is 54.2 Å². The Morgan fingerprint density at radius 3 is 2.33 bits per heavy atom. The molecule has 0 spiro atoms. The summed E-state index contributed by atoms with van der Waals surface area (Å²) in [6.45, 7) is 9.10. The minimum absolute atomic E-state index is 0.0116. The first kappa shape index (κ1) is 16.2. The minimum Gasteiger partial charge on any atom is -0.307 e. The van der Waals surface area contributed by atoms with Gasteiger partial charge in [-0.2, -0.15) is 0 Å². The lowest BCUT2D eigenvalue weighted by Gasteiger charge is -2.23. The summed E-state index contributed by atoms with van der Waals surface area (Å²) in [5.41, 5.74) is 5.69. The topological polar surface area (TPSA) is 12.0 Å². The molecule has 0 heterocycles. The number of benzene rings is 2. The van der Waals surface area contributed by atoms with E-state index in [1.807, 2.05) is 13.0 Å². The quantitative estimate of drug-likeness (QED) is 0.798. The van der Waals surface area contributed by atoms with Crippen LogP contribution in [0.2, 0.25) is 0 Å². The Morgan fingerprint density at radius 2 is 1.67 bits per heavy atom. The maximum absolute atomic E-state index is 13.7. The van der Waals surface area contributed by atoms with Gasteiger partial charge in [0.1, 0.15) is 5.82 Å². The van der Waals surface area contributed by atoms with E-state index in [4.69, 9.17) is 0 Å². The molecule has 0 radical (unpaired) electrons. The third kappa shape index (κ3) is 3.53. The van der Waals surface area contributed by atoms with Crippen LogP contribution in [0, 0.1) is 26.6 Å². The van der Waals surface area contributed by atoms with Gasteiger partial charge < -0.3 is 5.32 Å². The molecule has 1 atom stereocenters. The molecular weight excluding hydrogens is 329 g/mol. The number of halogens is 2. The van der Waals surface area contributed by atoms with Crippen LogP contribution in [0.3, 0.4) is 0 Å². The molecule has 0 aliphatic rings. The molecule has 0 saturated heterocycles. The van der Waals surface area contributed by atoms with Gasteiger partial charge in [-0.25, -0.2) is 4.39 Å². The Labute approximate surface area is 134 Å².